The SMILES string of the molecule is CN(Cc1ccccc1Cl)C(=O)c1ccnc(CN)c1. The van der Waals surface area contributed by atoms with E-state index in [1.807, 2.05) is 24.3 Å². The molecule has 2 aromatic rings. The number of pyridine rings is 1. The van der Waals surface area contributed by atoms with Crippen LogP contribution in [0.5, 0.6) is 0 Å². The zero-order chi connectivity index (χ0) is 14.5. The Bertz CT molecular complexity index is 616. The molecule has 0 radical (unpaired) electrons. The highest BCUT2D eigenvalue weighted by atomic mass is 35.5. The zero-order valence-electron chi connectivity index (χ0n) is 11.2. The molecular weight excluding hydrogens is 274 g/mol. The van der Waals surface area contributed by atoms with Gasteiger partial charge in [-0.05, 0) is 23.8 Å². The number of benzene rings is 1. The number of carbonyl (C=O) groups excluding carboxylic acids is 1. The summed E-state index contributed by atoms with van der Waals surface area (Å²) in [6.07, 6.45) is 1.60. The maximum atomic E-state index is 12.3. The minimum Gasteiger partial charge on any atom is -0.337 e. The number of hydrogen-bond acceptors (Lipinski definition) is 3. The quantitative estimate of drug-likeness (QED) is 0.940. The fourth-order valence-electron chi connectivity index (χ4n) is 1.90. The smallest absolute Gasteiger partial charge is 0.254 e. The summed E-state index contributed by atoms with van der Waals surface area (Å²) in [5.74, 6) is -0.0815. The second kappa shape index (κ2) is 6.50. The number of aromatic nitrogens is 1. The molecule has 0 aliphatic carbocycles. The molecule has 0 fully saturated rings. The van der Waals surface area contributed by atoms with Gasteiger partial charge in [-0.25, -0.2) is 0 Å². The Kier molecular flexibility index (Phi) is 4.71. The lowest BCUT2D eigenvalue weighted by Crippen LogP contribution is -2.26. The van der Waals surface area contributed by atoms with E-state index in [1.54, 1.807) is 30.3 Å². The number of halogens is 1. The summed E-state index contributed by atoms with van der Waals surface area (Å²) >= 11 is 6.10. The molecule has 20 heavy (non-hydrogen) atoms. The van der Waals surface area contributed by atoms with E-state index in [4.69, 9.17) is 17.3 Å². The van der Waals surface area contributed by atoms with Gasteiger partial charge in [0.2, 0.25) is 0 Å². The van der Waals surface area contributed by atoms with E-state index in [9.17, 15) is 4.79 Å². The highest BCUT2D eigenvalue weighted by molar-refractivity contribution is 6.31. The number of nitrogens with zero attached hydrogens (tertiary/aromatic N) is 2. The molecule has 104 valence electrons. The largest absolute Gasteiger partial charge is 0.337 e. The van der Waals surface area contributed by atoms with Crippen molar-refractivity contribution in [2.45, 2.75) is 13.1 Å². The molecule has 1 heterocycles. The summed E-state index contributed by atoms with van der Waals surface area (Å²) in [7, 11) is 1.74. The first-order chi connectivity index (χ1) is 9.61. The summed E-state index contributed by atoms with van der Waals surface area (Å²) in [4.78, 5) is 18.0. The predicted molar refractivity (Wildman–Crippen MR) is 79.4 cm³/mol. The van der Waals surface area contributed by atoms with Crippen LogP contribution in [0.25, 0.3) is 0 Å². The highest BCUT2D eigenvalue weighted by Gasteiger charge is 2.13. The van der Waals surface area contributed by atoms with E-state index in [1.165, 1.54) is 0 Å². The molecule has 5 heteroatoms. The lowest BCUT2D eigenvalue weighted by Gasteiger charge is -2.18. The summed E-state index contributed by atoms with van der Waals surface area (Å²) < 4.78 is 0. The summed E-state index contributed by atoms with van der Waals surface area (Å²) in [5.41, 5.74) is 7.72. The van der Waals surface area contributed by atoms with Crippen LogP contribution in [0.4, 0.5) is 0 Å². The van der Waals surface area contributed by atoms with Crippen LogP contribution in [0.2, 0.25) is 5.02 Å². The molecule has 2 rings (SSSR count). The van der Waals surface area contributed by atoms with E-state index in [2.05, 4.69) is 4.98 Å². The monoisotopic (exact) mass is 289 g/mol. The van der Waals surface area contributed by atoms with Crippen molar-refractivity contribution < 1.29 is 4.79 Å². The van der Waals surface area contributed by atoms with E-state index < -0.39 is 0 Å². The Morgan fingerprint density at radius 2 is 2.10 bits per heavy atom. The number of rotatable bonds is 4. The van der Waals surface area contributed by atoms with Crippen molar-refractivity contribution in [3.8, 4) is 0 Å². The fourth-order valence-corrected chi connectivity index (χ4v) is 2.09. The van der Waals surface area contributed by atoms with Crippen molar-refractivity contribution in [3.05, 3.63) is 64.4 Å². The van der Waals surface area contributed by atoms with Crippen LogP contribution in [-0.4, -0.2) is 22.8 Å². The van der Waals surface area contributed by atoms with Crippen molar-refractivity contribution in [1.29, 1.82) is 0 Å². The fraction of sp³-hybridized carbons (Fsp3) is 0.200. The van der Waals surface area contributed by atoms with E-state index in [0.717, 1.165) is 5.56 Å². The van der Waals surface area contributed by atoms with Gasteiger partial charge < -0.3 is 10.6 Å². The van der Waals surface area contributed by atoms with E-state index in [0.29, 0.717) is 29.4 Å². The number of carbonyl (C=O) groups is 1. The third-order valence-electron chi connectivity index (χ3n) is 2.98. The van der Waals surface area contributed by atoms with Crippen molar-refractivity contribution in [1.82, 2.24) is 9.88 Å². The summed E-state index contributed by atoms with van der Waals surface area (Å²) in [6.45, 7) is 0.772. The number of hydrogen-bond donors (Lipinski definition) is 1. The third kappa shape index (κ3) is 3.35. The van der Waals surface area contributed by atoms with Crippen molar-refractivity contribution in [2.75, 3.05) is 7.05 Å². The summed E-state index contributed by atoms with van der Waals surface area (Å²) in [6, 6.07) is 10.9. The third-order valence-corrected chi connectivity index (χ3v) is 3.35. The van der Waals surface area contributed by atoms with Gasteiger partial charge in [0, 0.05) is 36.9 Å². The molecule has 0 aliphatic rings. The maximum absolute atomic E-state index is 12.3. The molecule has 0 saturated carbocycles. The van der Waals surface area contributed by atoms with Crippen LogP contribution >= 0.6 is 11.6 Å². The van der Waals surface area contributed by atoms with Gasteiger partial charge in [0.15, 0.2) is 0 Å². The Labute approximate surface area is 123 Å². The molecule has 0 spiro atoms. The molecule has 2 N–H and O–H groups in total. The van der Waals surface area contributed by atoms with Gasteiger partial charge in [-0.3, -0.25) is 9.78 Å². The molecular formula is C15H16ClN3O. The van der Waals surface area contributed by atoms with Gasteiger partial charge in [0.1, 0.15) is 0 Å². The van der Waals surface area contributed by atoms with E-state index >= 15 is 0 Å². The average molecular weight is 290 g/mol. The van der Waals surface area contributed by atoms with Crippen molar-refractivity contribution >= 4 is 17.5 Å². The Morgan fingerprint density at radius 3 is 2.80 bits per heavy atom. The number of nitrogens with two attached hydrogens (primary N) is 1. The Hall–Kier alpha value is -1.91. The minimum atomic E-state index is -0.0815. The van der Waals surface area contributed by atoms with E-state index in [-0.39, 0.29) is 5.91 Å². The van der Waals surface area contributed by atoms with Crippen LogP contribution in [0.1, 0.15) is 21.6 Å². The molecule has 1 aromatic heterocycles. The highest BCUT2D eigenvalue weighted by Crippen LogP contribution is 2.17. The molecule has 0 unspecified atom stereocenters. The molecule has 1 aromatic carbocycles. The van der Waals surface area contributed by atoms with Crippen LogP contribution in [0.15, 0.2) is 42.6 Å². The molecule has 4 nitrogen and oxygen atoms in total. The molecule has 0 aliphatic heterocycles. The topological polar surface area (TPSA) is 59.2 Å². The lowest BCUT2D eigenvalue weighted by atomic mass is 10.1. The first-order valence-electron chi connectivity index (χ1n) is 6.25. The molecule has 1 amide bonds. The lowest BCUT2D eigenvalue weighted by molar-refractivity contribution is 0.0785. The van der Waals surface area contributed by atoms with Crippen LogP contribution in [0, 0.1) is 0 Å². The minimum absolute atomic E-state index is 0.0815. The van der Waals surface area contributed by atoms with Crippen molar-refractivity contribution in [2.24, 2.45) is 5.73 Å². The molecule has 0 saturated heterocycles. The zero-order valence-corrected chi connectivity index (χ0v) is 12.0. The average Bonchev–Trinajstić information content (AvgIpc) is 2.48. The normalized spacial score (nSPS) is 10.3. The van der Waals surface area contributed by atoms with Gasteiger partial charge >= 0.3 is 0 Å². The molecule has 0 bridgehead atoms. The van der Waals surface area contributed by atoms with Crippen molar-refractivity contribution in [3.63, 3.8) is 0 Å². The van der Waals surface area contributed by atoms with Crippen LogP contribution in [0.3, 0.4) is 0 Å². The number of amides is 1. The first kappa shape index (κ1) is 14.5. The van der Waals surface area contributed by atoms with Gasteiger partial charge in [-0.2, -0.15) is 0 Å². The van der Waals surface area contributed by atoms with Gasteiger partial charge in [0.05, 0.1) is 5.69 Å². The second-order valence-corrected chi connectivity index (χ2v) is 4.90. The van der Waals surface area contributed by atoms with Gasteiger partial charge in [-0.15, -0.1) is 0 Å². The van der Waals surface area contributed by atoms with Gasteiger partial charge in [-0.1, -0.05) is 29.8 Å². The maximum Gasteiger partial charge on any atom is 0.254 e. The Morgan fingerprint density at radius 1 is 1.35 bits per heavy atom. The van der Waals surface area contributed by atoms with Gasteiger partial charge in [0.25, 0.3) is 5.91 Å². The summed E-state index contributed by atoms with van der Waals surface area (Å²) in [5, 5.41) is 0.657. The second-order valence-electron chi connectivity index (χ2n) is 4.49. The predicted octanol–water partition coefficient (Wildman–Crippen LogP) is 2.47. The molecule has 0 atom stereocenters. The van der Waals surface area contributed by atoms with Crippen LogP contribution in [-0.2, 0) is 13.1 Å². The first-order valence-corrected chi connectivity index (χ1v) is 6.63. The standard InChI is InChI=1S/C15H16ClN3O/c1-19(10-12-4-2-3-5-14(12)16)15(20)11-6-7-18-13(8-11)9-17/h2-8H,9-10,17H2,1H3. The Balaban J connectivity index is 2.14. The van der Waals surface area contributed by atoms with Crippen LogP contribution < -0.4 is 5.73 Å².